The lowest BCUT2D eigenvalue weighted by atomic mass is 10.0. The summed E-state index contributed by atoms with van der Waals surface area (Å²) in [6.45, 7) is 2.29. The molecule has 124 valence electrons. The second-order valence-electron chi connectivity index (χ2n) is 5.93. The molecule has 23 heavy (non-hydrogen) atoms. The molecule has 0 N–H and O–H groups in total. The number of rotatable bonds is 3. The summed E-state index contributed by atoms with van der Waals surface area (Å²) in [5.74, 6) is 1.10. The normalized spacial score (nSPS) is 20.0. The summed E-state index contributed by atoms with van der Waals surface area (Å²) in [6.07, 6.45) is 1.65. The molecule has 0 unspecified atom stereocenters. The number of methoxy groups -OCH3 is 1. The van der Waals surface area contributed by atoms with Gasteiger partial charge in [-0.1, -0.05) is 18.2 Å². The van der Waals surface area contributed by atoms with Gasteiger partial charge in [0.15, 0.2) is 0 Å². The van der Waals surface area contributed by atoms with E-state index >= 15 is 0 Å². The molecule has 2 fully saturated rings. The Bertz CT molecular complexity index is 570. The van der Waals surface area contributed by atoms with Gasteiger partial charge in [-0.2, -0.15) is 0 Å². The third-order valence-corrected chi connectivity index (χ3v) is 6.16. The lowest BCUT2D eigenvalue weighted by Crippen LogP contribution is -2.54. The number of hydrogen-bond donors (Lipinski definition) is 0. The number of hydrogen-bond acceptors (Lipinski definition) is 4. The fourth-order valence-corrected chi connectivity index (χ4v) is 4.82. The first-order chi connectivity index (χ1) is 11.2. The Kier molecular flexibility index (Phi) is 4.92. The highest BCUT2D eigenvalue weighted by molar-refractivity contribution is 8.00. The van der Waals surface area contributed by atoms with Crippen molar-refractivity contribution in [3.05, 3.63) is 35.9 Å². The lowest BCUT2D eigenvalue weighted by molar-refractivity contribution is -0.136. The Morgan fingerprint density at radius 1 is 1.17 bits per heavy atom. The fraction of sp³-hybridized carbons (Fsp3) is 0.529. The summed E-state index contributed by atoms with van der Waals surface area (Å²) < 4.78 is 4.93. The molecule has 2 aliphatic heterocycles. The van der Waals surface area contributed by atoms with Gasteiger partial charge in [-0.05, 0) is 25.0 Å². The first kappa shape index (κ1) is 16.3. The molecule has 1 spiro atoms. The van der Waals surface area contributed by atoms with E-state index in [1.807, 2.05) is 51.9 Å². The van der Waals surface area contributed by atoms with Gasteiger partial charge in [0.1, 0.15) is 6.61 Å². The highest BCUT2D eigenvalue weighted by Gasteiger charge is 2.46. The van der Waals surface area contributed by atoms with Crippen molar-refractivity contribution in [3.8, 4) is 0 Å². The molecule has 2 amide bonds. The minimum Gasteiger partial charge on any atom is -0.375 e. The highest BCUT2D eigenvalue weighted by atomic mass is 32.2. The zero-order chi connectivity index (χ0) is 16.3. The summed E-state index contributed by atoms with van der Waals surface area (Å²) in [5.41, 5.74) is 0.743. The molecule has 1 aromatic rings. The summed E-state index contributed by atoms with van der Waals surface area (Å²) >= 11 is 1.86. The van der Waals surface area contributed by atoms with Crippen LogP contribution in [0.3, 0.4) is 0 Å². The SMILES string of the molecule is COCC(=O)N1CCC2(CC1)SCCN2C(=O)c1ccccc1. The second-order valence-corrected chi connectivity index (χ2v) is 7.39. The maximum absolute atomic E-state index is 12.9. The van der Waals surface area contributed by atoms with Crippen molar-refractivity contribution in [3.63, 3.8) is 0 Å². The van der Waals surface area contributed by atoms with Crippen molar-refractivity contribution in [2.75, 3.05) is 39.1 Å². The zero-order valence-corrected chi connectivity index (χ0v) is 14.2. The molecule has 1 aromatic carbocycles. The molecule has 2 aliphatic rings. The van der Waals surface area contributed by atoms with Gasteiger partial charge in [-0.3, -0.25) is 9.59 Å². The predicted molar refractivity (Wildman–Crippen MR) is 90.4 cm³/mol. The number of amides is 2. The van der Waals surface area contributed by atoms with Crippen LogP contribution < -0.4 is 0 Å². The van der Waals surface area contributed by atoms with E-state index in [1.54, 1.807) is 0 Å². The molecule has 6 heteroatoms. The van der Waals surface area contributed by atoms with Gasteiger partial charge >= 0.3 is 0 Å². The van der Waals surface area contributed by atoms with E-state index in [9.17, 15) is 9.59 Å². The third-order valence-electron chi connectivity index (χ3n) is 4.61. The van der Waals surface area contributed by atoms with Crippen LogP contribution in [0.4, 0.5) is 0 Å². The molecule has 2 saturated heterocycles. The van der Waals surface area contributed by atoms with Crippen LogP contribution in [-0.4, -0.2) is 65.6 Å². The van der Waals surface area contributed by atoms with Crippen LogP contribution in [0, 0.1) is 0 Å². The standard InChI is InChI=1S/C17H22N2O3S/c1-22-13-15(20)18-9-7-17(8-10-18)19(11-12-23-17)16(21)14-5-3-2-4-6-14/h2-6H,7-13H2,1H3. The molecule has 0 radical (unpaired) electrons. The average Bonchev–Trinajstić information content (AvgIpc) is 2.99. The van der Waals surface area contributed by atoms with E-state index in [2.05, 4.69) is 0 Å². The van der Waals surface area contributed by atoms with Gasteiger partial charge < -0.3 is 14.5 Å². The monoisotopic (exact) mass is 334 g/mol. The van der Waals surface area contributed by atoms with Crippen LogP contribution in [0.25, 0.3) is 0 Å². The van der Waals surface area contributed by atoms with Gasteiger partial charge in [0.2, 0.25) is 5.91 Å². The van der Waals surface area contributed by atoms with Crippen LogP contribution in [0.5, 0.6) is 0 Å². The zero-order valence-electron chi connectivity index (χ0n) is 13.4. The molecule has 0 bridgehead atoms. The van der Waals surface area contributed by atoms with E-state index in [1.165, 1.54) is 7.11 Å². The van der Waals surface area contributed by atoms with Crippen LogP contribution >= 0.6 is 11.8 Å². The van der Waals surface area contributed by atoms with E-state index in [0.717, 1.165) is 30.7 Å². The van der Waals surface area contributed by atoms with Crippen molar-refractivity contribution in [2.45, 2.75) is 17.7 Å². The summed E-state index contributed by atoms with van der Waals surface area (Å²) in [4.78, 5) is 28.5. The van der Waals surface area contributed by atoms with Gasteiger partial charge in [0.25, 0.3) is 5.91 Å². The van der Waals surface area contributed by atoms with Gasteiger partial charge in [0.05, 0.1) is 4.87 Å². The average molecular weight is 334 g/mol. The Hall–Kier alpha value is -1.53. The quantitative estimate of drug-likeness (QED) is 0.846. The number of likely N-dealkylation sites (tertiary alicyclic amines) is 1. The molecule has 0 aromatic heterocycles. The molecule has 0 atom stereocenters. The first-order valence-electron chi connectivity index (χ1n) is 7.94. The largest absolute Gasteiger partial charge is 0.375 e. The third kappa shape index (κ3) is 3.23. The van der Waals surface area contributed by atoms with Crippen LogP contribution in [0.15, 0.2) is 30.3 Å². The second kappa shape index (κ2) is 6.93. The summed E-state index contributed by atoms with van der Waals surface area (Å²) in [6, 6.07) is 9.46. The Morgan fingerprint density at radius 2 is 1.87 bits per heavy atom. The Balaban J connectivity index is 1.70. The van der Waals surface area contributed by atoms with E-state index in [-0.39, 0.29) is 23.3 Å². The first-order valence-corrected chi connectivity index (χ1v) is 8.92. The molecular formula is C17H22N2O3S. The highest BCUT2D eigenvalue weighted by Crippen LogP contribution is 2.44. The van der Waals surface area contributed by atoms with Gasteiger partial charge in [-0.25, -0.2) is 0 Å². The van der Waals surface area contributed by atoms with Crippen molar-refractivity contribution in [2.24, 2.45) is 0 Å². The number of thioether (sulfide) groups is 1. The van der Waals surface area contributed by atoms with E-state index < -0.39 is 0 Å². The van der Waals surface area contributed by atoms with Crippen molar-refractivity contribution in [1.29, 1.82) is 0 Å². The number of piperidine rings is 1. The predicted octanol–water partition coefficient (Wildman–Crippen LogP) is 1.84. The molecule has 3 rings (SSSR count). The van der Waals surface area contributed by atoms with Crippen molar-refractivity contribution >= 4 is 23.6 Å². The summed E-state index contributed by atoms with van der Waals surface area (Å²) in [5, 5.41) is 0. The molecular weight excluding hydrogens is 312 g/mol. The number of nitrogens with zero attached hydrogens (tertiary/aromatic N) is 2. The number of carbonyl (C=O) groups excluding carboxylic acids is 2. The minimum absolute atomic E-state index is 0.0336. The van der Waals surface area contributed by atoms with Gasteiger partial charge in [-0.15, -0.1) is 11.8 Å². The van der Waals surface area contributed by atoms with Crippen LogP contribution in [0.1, 0.15) is 23.2 Å². The number of carbonyl (C=O) groups is 2. The number of benzene rings is 1. The topological polar surface area (TPSA) is 49.9 Å². The molecule has 2 heterocycles. The minimum atomic E-state index is -0.156. The van der Waals surface area contributed by atoms with Gasteiger partial charge in [0, 0.05) is 38.1 Å². The van der Waals surface area contributed by atoms with E-state index in [4.69, 9.17) is 4.74 Å². The fourth-order valence-electron chi connectivity index (χ4n) is 3.37. The number of ether oxygens (including phenoxy) is 1. The Morgan fingerprint density at radius 3 is 2.52 bits per heavy atom. The summed E-state index contributed by atoms with van der Waals surface area (Å²) in [7, 11) is 1.54. The van der Waals surface area contributed by atoms with E-state index in [0.29, 0.717) is 13.1 Å². The molecule has 5 nitrogen and oxygen atoms in total. The lowest BCUT2D eigenvalue weighted by Gasteiger charge is -2.44. The van der Waals surface area contributed by atoms with Crippen molar-refractivity contribution < 1.29 is 14.3 Å². The molecule has 0 saturated carbocycles. The maximum atomic E-state index is 12.9. The maximum Gasteiger partial charge on any atom is 0.254 e. The van der Waals surface area contributed by atoms with Crippen LogP contribution in [0.2, 0.25) is 0 Å². The van der Waals surface area contributed by atoms with Crippen LogP contribution in [-0.2, 0) is 9.53 Å². The smallest absolute Gasteiger partial charge is 0.254 e. The molecule has 0 aliphatic carbocycles. The Labute approximate surface area is 141 Å². The van der Waals surface area contributed by atoms with Crippen molar-refractivity contribution in [1.82, 2.24) is 9.80 Å².